The fourth-order valence-electron chi connectivity index (χ4n) is 5.00. The molecule has 37 heavy (non-hydrogen) atoms. The summed E-state index contributed by atoms with van der Waals surface area (Å²) in [5.41, 5.74) is 2.59. The van der Waals surface area contributed by atoms with Crippen LogP contribution in [-0.2, 0) is 17.5 Å². The number of nitrogens with zero attached hydrogens (tertiary/aromatic N) is 1. The zero-order valence-electron chi connectivity index (χ0n) is 20.5. The number of benzene rings is 3. The molecule has 3 atom stereocenters. The van der Waals surface area contributed by atoms with E-state index in [9.17, 15) is 28.2 Å². The van der Waals surface area contributed by atoms with Gasteiger partial charge in [0.15, 0.2) is 0 Å². The Hall–Kier alpha value is -3.20. The van der Waals surface area contributed by atoms with E-state index in [0.29, 0.717) is 13.0 Å². The van der Waals surface area contributed by atoms with Crippen LogP contribution in [-0.4, -0.2) is 40.3 Å². The molecule has 3 aromatic carbocycles. The number of aliphatic hydroxyl groups excluding tert-OH is 1. The highest BCUT2D eigenvalue weighted by Gasteiger charge is 2.36. The second kappa shape index (κ2) is 11.5. The quantitative estimate of drug-likeness (QED) is 0.377. The third-order valence-corrected chi connectivity index (χ3v) is 6.87. The Morgan fingerprint density at radius 3 is 2.49 bits per heavy atom. The third kappa shape index (κ3) is 6.39. The first-order valence-corrected chi connectivity index (χ1v) is 12.2. The smallest absolute Gasteiger partial charge is 0.416 e. The standard InChI is InChI=1S/C29H30F3NO4/c1-19-15-22(28(35)36)12-13-23(19)17-33-14-6-11-25(27(33)20-7-3-2-4-8-20)37-26(18-34)21-9-5-10-24(16-21)29(30,31)32/h2-5,7-10,12-13,15-16,25-27,34H,6,11,14,17-18H2,1H3,(H,35,36)/t25-,26+,27-/m0/s1. The number of aromatic carboxylic acids is 1. The van der Waals surface area contributed by atoms with Crippen molar-refractivity contribution in [3.8, 4) is 0 Å². The molecule has 0 radical (unpaired) electrons. The van der Waals surface area contributed by atoms with Gasteiger partial charge in [0.1, 0.15) is 6.10 Å². The van der Waals surface area contributed by atoms with E-state index in [-0.39, 0.29) is 23.3 Å². The summed E-state index contributed by atoms with van der Waals surface area (Å²) < 4.78 is 46.3. The first-order chi connectivity index (χ1) is 17.7. The third-order valence-electron chi connectivity index (χ3n) is 6.87. The van der Waals surface area contributed by atoms with Gasteiger partial charge in [-0.25, -0.2) is 4.79 Å². The fraction of sp³-hybridized carbons (Fsp3) is 0.345. The van der Waals surface area contributed by atoms with Crippen molar-refractivity contribution >= 4 is 5.97 Å². The lowest BCUT2D eigenvalue weighted by Crippen LogP contribution is -2.43. The minimum atomic E-state index is -4.49. The number of likely N-dealkylation sites (tertiary alicyclic amines) is 1. The number of carboxylic acid groups (broad SMARTS) is 1. The van der Waals surface area contributed by atoms with Crippen molar-refractivity contribution in [2.24, 2.45) is 0 Å². The van der Waals surface area contributed by atoms with Crippen LogP contribution < -0.4 is 0 Å². The zero-order valence-corrected chi connectivity index (χ0v) is 20.5. The second-order valence-corrected chi connectivity index (χ2v) is 9.38. The van der Waals surface area contributed by atoms with Gasteiger partial charge in [-0.3, -0.25) is 4.90 Å². The molecular formula is C29H30F3NO4. The number of rotatable bonds is 8. The minimum Gasteiger partial charge on any atom is -0.478 e. The van der Waals surface area contributed by atoms with Gasteiger partial charge in [0.05, 0.1) is 29.9 Å². The molecule has 196 valence electrons. The number of carbonyl (C=O) groups is 1. The molecule has 0 spiro atoms. The maximum Gasteiger partial charge on any atom is 0.416 e. The largest absolute Gasteiger partial charge is 0.478 e. The maximum absolute atomic E-state index is 13.3. The molecule has 8 heteroatoms. The van der Waals surface area contributed by atoms with E-state index in [1.165, 1.54) is 6.07 Å². The molecule has 1 heterocycles. The van der Waals surface area contributed by atoms with Crippen LogP contribution in [0, 0.1) is 6.92 Å². The van der Waals surface area contributed by atoms with Crippen molar-refractivity contribution in [1.29, 1.82) is 0 Å². The molecule has 1 saturated heterocycles. The summed E-state index contributed by atoms with van der Waals surface area (Å²) in [5.74, 6) is -0.979. The van der Waals surface area contributed by atoms with Gasteiger partial charge in [-0.15, -0.1) is 0 Å². The number of ether oxygens (including phenoxy) is 1. The molecular weight excluding hydrogens is 483 g/mol. The summed E-state index contributed by atoms with van der Waals surface area (Å²) >= 11 is 0. The molecule has 1 aliphatic rings. The summed E-state index contributed by atoms with van der Waals surface area (Å²) in [6.07, 6.45) is -4.28. The number of aliphatic hydroxyl groups is 1. The Kier molecular flexibility index (Phi) is 8.32. The van der Waals surface area contributed by atoms with Crippen LogP contribution in [0.4, 0.5) is 13.2 Å². The van der Waals surface area contributed by atoms with E-state index in [0.717, 1.165) is 41.8 Å². The van der Waals surface area contributed by atoms with Crippen LogP contribution in [0.5, 0.6) is 0 Å². The van der Waals surface area contributed by atoms with E-state index < -0.39 is 30.4 Å². The maximum atomic E-state index is 13.3. The monoisotopic (exact) mass is 513 g/mol. The summed E-state index contributed by atoms with van der Waals surface area (Å²) in [7, 11) is 0. The van der Waals surface area contributed by atoms with Crippen molar-refractivity contribution in [1.82, 2.24) is 4.90 Å². The summed E-state index contributed by atoms with van der Waals surface area (Å²) in [5, 5.41) is 19.4. The first kappa shape index (κ1) is 26.9. The van der Waals surface area contributed by atoms with Crippen molar-refractivity contribution in [2.75, 3.05) is 13.2 Å². The number of carboxylic acids is 1. The Balaban J connectivity index is 1.63. The van der Waals surface area contributed by atoms with Crippen molar-refractivity contribution in [3.05, 3.63) is 106 Å². The van der Waals surface area contributed by atoms with Crippen LogP contribution in [0.25, 0.3) is 0 Å². The van der Waals surface area contributed by atoms with E-state index in [4.69, 9.17) is 4.74 Å². The Bertz CT molecular complexity index is 1220. The van der Waals surface area contributed by atoms with Crippen LogP contribution >= 0.6 is 0 Å². The molecule has 5 nitrogen and oxygen atoms in total. The number of alkyl halides is 3. The molecule has 0 saturated carbocycles. The van der Waals surface area contributed by atoms with E-state index in [1.807, 2.05) is 43.3 Å². The topological polar surface area (TPSA) is 70.0 Å². The highest BCUT2D eigenvalue weighted by atomic mass is 19.4. The number of hydrogen-bond acceptors (Lipinski definition) is 4. The molecule has 0 aromatic heterocycles. The number of piperidine rings is 1. The van der Waals surface area contributed by atoms with Gasteiger partial charge in [0.2, 0.25) is 0 Å². The minimum absolute atomic E-state index is 0.201. The Morgan fingerprint density at radius 1 is 1.08 bits per heavy atom. The lowest BCUT2D eigenvalue weighted by molar-refractivity contribution is -0.138. The normalized spacial score (nSPS) is 19.5. The van der Waals surface area contributed by atoms with Crippen LogP contribution in [0.1, 0.15) is 63.2 Å². The number of hydrogen-bond donors (Lipinski definition) is 2. The summed E-state index contributed by atoms with van der Waals surface area (Å²) in [6.45, 7) is 2.76. The van der Waals surface area contributed by atoms with E-state index in [2.05, 4.69) is 4.90 Å². The highest BCUT2D eigenvalue weighted by Crippen LogP contribution is 2.38. The van der Waals surface area contributed by atoms with Crippen molar-refractivity contribution < 1.29 is 32.9 Å². The molecule has 1 aliphatic heterocycles. The molecule has 0 amide bonds. The second-order valence-electron chi connectivity index (χ2n) is 9.38. The predicted molar refractivity (Wildman–Crippen MR) is 133 cm³/mol. The highest BCUT2D eigenvalue weighted by molar-refractivity contribution is 5.87. The average Bonchev–Trinajstić information content (AvgIpc) is 2.88. The van der Waals surface area contributed by atoms with Gasteiger partial charge in [-0.2, -0.15) is 13.2 Å². The SMILES string of the molecule is Cc1cc(C(=O)O)ccc1CN1CCC[C@H](O[C@H](CO)c2cccc(C(F)(F)F)c2)[C@@H]1c1ccccc1. The number of halogens is 3. The Morgan fingerprint density at radius 2 is 1.84 bits per heavy atom. The summed E-state index contributed by atoms with van der Waals surface area (Å²) in [4.78, 5) is 13.6. The lowest BCUT2D eigenvalue weighted by Gasteiger charge is -2.43. The van der Waals surface area contributed by atoms with Gasteiger partial charge in [0, 0.05) is 6.54 Å². The van der Waals surface area contributed by atoms with Gasteiger partial charge in [0.25, 0.3) is 0 Å². The predicted octanol–water partition coefficient (Wildman–Crippen LogP) is 6.17. The van der Waals surface area contributed by atoms with Gasteiger partial charge in [-0.1, -0.05) is 48.5 Å². The van der Waals surface area contributed by atoms with Crippen molar-refractivity contribution in [2.45, 2.75) is 50.7 Å². The average molecular weight is 514 g/mol. The number of aryl methyl sites for hydroxylation is 1. The molecule has 0 unspecified atom stereocenters. The molecule has 0 aliphatic carbocycles. The molecule has 4 rings (SSSR count). The van der Waals surface area contributed by atoms with Gasteiger partial charge < -0.3 is 14.9 Å². The first-order valence-electron chi connectivity index (χ1n) is 12.2. The zero-order chi connectivity index (χ0) is 26.6. The van der Waals surface area contributed by atoms with Crippen LogP contribution in [0.15, 0.2) is 72.8 Å². The molecule has 3 aromatic rings. The van der Waals surface area contributed by atoms with Crippen LogP contribution in [0.2, 0.25) is 0 Å². The Labute approximate surface area is 214 Å². The molecule has 2 N–H and O–H groups in total. The molecule has 0 bridgehead atoms. The summed E-state index contributed by atoms with van der Waals surface area (Å²) in [6, 6.07) is 19.6. The van der Waals surface area contributed by atoms with E-state index >= 15 is 0 Å². The fourth-order valence-corrected chi connectivity index (χ4v) is 5.00. The van der Waals surface area contributed by atoms with Crippen LogP contribution in [0.3, 0.4) is 0 Å². The molecule has 1 fully saturated rings. The lowest BCUT2D eigenvalue weighted by atomic mass is 9.91. The van der Waals surface area contributed by atoms with Gasteiger partial charge in [-0.05, 0) is 72.8 Å². The van der Waals surface area contributed by atoms with Gasteiger partial charge >= 0.3 is 12.1 Å². The van der Waals surface area contributed by atoms with Crippen molar-refractivity contribution in [3.63, 3.8) is 0 Å². The van der Waals surface area contributed by atoms with E-state index in [1.54, 1.807) is 18.2 Å².